The van der Waals surface area contributed by atoms with Crippen LogP contribution in [0.1, 0.15) is 23.2 Å². The maximum absolute atomic E-state index is 12.3. The molecule has 1 amide bonds. The fourth-order valence-electron chi connectivity index (χ4n) is 2.29. The number of likely N-dealkylation sites (tertiary alicyclic amines) is 1. The Morgan fingerprint density at radius 1 is 1.26 bits per heavy atom. The van der Waals surface area contributed by atoms with Crippen LogP contribution in [-0.2, 0) is 0 Å². The molecule has 4 nitrogen and oxygen atoms in total. The normalized spacial score (nSPS) is 15.8. The number of rotatable bonds is 3. The number of carbonyl (C=O) groups is 1. The number of halogens is 1. The van der Waals surface area contributed by atoms with Gasteiger partial charge in [-0.05, 0) is 44.2 Å². The summed E-state index contributed by atoms with van der Waals surface area (Å²) in [6.45, 7) is 1.66. The largest absolute Gasteiger partial charge is 0.497 e. The first-order valence-corrected chi connectivity index (χ1v) is 6.35. The van der Waals surface area contributed by atoms with E-state index in [9.17, 15) is 4.79 Å². The van der Waals surface area contributed by atoms with Crippen molar-refractivity contribution >= 4 is 18.3 Å². The topological polar surface area (TPSA) is 41.6 Å². The number of ether oxygens (including phenoxy) is 1. The molecule has 1 aromatic rings. The standard InChI is InChI=1S/C14H20N2O2.ClH/c1-15-12-7-9-16(10-8-12)14(17)11-3-5-13(18-2)6-4-11;/h3-6,12,15H,7-10H2,1-2H3;1H. The Balaban J connectivity index is 0.00000180. The maximum Gasteiger partial charge on any atom is 0.253 e. The molecule has 5 heteroatoms. The minimum atomic E-state index is 0. The van der Waals surface area contributed by atoms with Gasteiger partial charge >= 0.3 is 0 Å². The monoisotopic (exact) mass is 284 g/mol. The molecule has 19 heavy (non-hydrogen) atoms. The Labute approximate surface area is 120 Å². The molecular formula is C14H21ClN2O2. The predicted molar refractivity (Wildman–Crippen MR) is 78.2 cm³/mol. The summed E-state index contributed by atoms with van der Waals surface area (Å²) < 4.78 is 5.09. The third kappa shape index (κ3) is 3.85. The summed E-state index contributed by atoms with van der Waals surface area (Å²) in [5, 5.41) is 3.26. The number of hydrogen-bond donors (Lipinski definition) is 1. The van der Waals surface area contributed by atoms with Crippen LogP contribution in [0, 0.1) is 0 Å². The maximum atomic E-state index is 12.3. The molecule has 2 rings (SSSR count). The summed E-state index contributed by atoms with van der Waals surface area (Å²) in [5.41, 5.74) is 0.735. The van der Waals surface area contributed by atoms with E-state index in [-0.39, 0.29) is 18.3 Å². The Morgan fingerprint density at radius 2 is 1.84 bits per heavy atom. The first kappa shape index (κ1) is 15.8. The van der Waals surface area contributed by atoms with Crippen LogP contribution in [0.5, 0.6) is 5.75 Å². The second kappa shape index (κ2) is 7.36. The minimum absolute atomic E-state index is 0. The highest BCUT2D eigenvalue weighted by Crippen LogP contribution is 2.16. The van der Waals surface area contributed by atoms with Gasteiger partial charge in [-0.1, -0.05) is 0 Å². The lowest BCUT2D eigenvalue weighted by atomic mass is 10.0. The lowest BCUT2D eigenvalue weighted by Crippen LogP contribution is -2.43. The average Bonchev–Trinajstić information content (AvgIpc) is 2.47. The van der Waals surface area contributed by atoms with E-state index < -0.39 is 0 Å². The molecule has 0 unspecified atom stereocenters. The van der Waals surface area contributed by atoms with Crippen molar-refractivity contribution < 1.29 is 9.53 Å². The molecule has 0 aromatic heterocycles. The molecule has 1 fully saturated rings. The van der Waals surface area contributed by atoms with E-state index in [0.717, 1.165) is 37.2 Å². The van der Waals surface area contributed by atoms with Crippen LogP contribution in [0.25, 0.3) is 0 Å². The molecule has 1 N–H and O–H groups in total. The molecule has 1 saturated heterocycles. The summed E-state index contributed by atoms with van der Waals surface area (Å²) in [5.74, 6) is 0.896. The number of nitrogens with zero attached hydrogens (tertiary/aromatic N) is 1. The summed E-state index contributed by atoms with van der Waals surface area (Å²) in [6, 6.07) is 7.85. The minimum Gasteiger partial charge on any atom is -0.497 e. The van der Waals surface area contributed by atoms with Gasteiger partial charge in [-0.15, -0.1) is 12.4 Å². The van der Waals surface area contributed by atoms with Crippen LogP contribution < -0.4 is 10.1 Å². The number of amides is 1. The zero-order valence-corrected chi connectivity index (χ0v) is 12.2. The highest BCUT2D eigenvalue weighted by atomic mass is 35.5. The number of piperidine rings is 1. The Hall–Kier alpha value is -1.26. The van der Waals surface area contributed by atoms with Gasteiger partial charge in [0.2, 0.25) is 0 Å². The first-order valence-electron chi connectivity index (χ1n) is 6.35. The number of benzene rings is 1. The van der Waals surface area contributed by atoms with Crippen molar-refractivity contribution in [2.75, 3.05) is 27.2 Å². The molecular weight excluding hydrogens is 264 g/mol. The fraction of sp³-hybridized carbons (Fsp3) is 0.500. The van der Waals surface area contributed by atoms with Gasteiger partial charge < -0.3 is 15.0 Å². The van der Waals surface area contributed by atoms with Gasteiger partial charge in [-0.25, -0.2) is 0 Å². The number of nitrogens with one attached hydrogen (secondary N) is 1. The molecule has 106 valence electrons. The van der Waals surface area contributed by atoms with Crippen molar-refractivity contribution in [3.05, 3.63) is 29.8 Å². The molecule has 0 bridgehead atoms. The SMILES string of the molecule is CNC1CCN(C(=O)c2ccc(OC)cc2)CC1.Cl. The predicted octanol–water partition coefficient (Wildman–Crippen LogP) is 1.94. The van der Waals surface area contributed by atoms with Crippen molar-refractivity contribution in [1.82, 2.24) is 10.2 Å². The molecule has 0 atom stereocenters. The van der Waals surface area contributed by atoms with Crippen LogP contribution >= 0.6 is 12.4 Å². The zero-order chi connectivity index (χ0) is 13.0. The molecule has 1 aliphatic heterocycles. The molecule has 0 saturated carbocycles. The van der Waals surface area contributed by atoms with E-state index in [1.54, 1.807) is 7.11 Å². The molecule has 0 spiro atoms. The fourth-order valence-corrected chi connectivity index (χ4v) is 2.29. The summed E-state index contributed by atoms with van der Waals surface area (Å²) in [4.78, 5) is 14.2. The van der Waals surface area contributed by atoms with Gasteiger partial charge in [-0.2, -0.15) is 0 Å². The Kier molecular flexibility index (Phi) is 6.12. The third-order valence-electron chi connectivity index (χ3n) is 3.53. The van der Waals surface area contributed by atoms with Crippen LogP contribution in [0.2, 0.25) is 0 Å². The number of carbonyl (C=O) groups excluding carboxylic acids is 1. The second-order valence-corrected chi connectivity index (χ2v) is 4.58. The van der Waals surface area contributed by atoms with Crippen molar-refractivity contribution in [2.45, 2.75) is 18.9 Å². The van der Waals surface area contributed by atoms with Crippen molar-refractivity contribution in [3.63, 3.8) is 0 Å². The van der Waals surface area contributed by atoms with E-state index in [1.807, 2.05) is 36.2 Å². The summed E-state index contributed by atoms with van der Waals surface area (Å²) >= 11 is 0. The summed E-state index contributed by atoms with van der Waals surface area (Å²) in [6.07, 6.45) is 2.05. The summed E-state index contributed by atoms with van der Waals surface area (Å²) in [7, 11) is 3.60. The number of hydrogen-bond acceptors (Lipinski definition) is 3. The van der Waals surface area contributed by atoms with Gasteiger partial charge in [0.1, 0.15) is 5.75 Å². The van der Waals surface area contributed by atoms with E-state index >= 15 is 0 Å². The molecule has 1 aliphatic rings. The first-order chi connectivity index (χ1) is 8.74. The van der Waals surface area contributed by atoms with Crippen molar-refractivity contribution in [2.24, 2.45) is 0 Å². The lowest BCUT2D eigenvalue weighted by molar-refractivity contribution is 0.0707. The Bertz CT molecular complexity index is 400. The second-order valence-electron chi connectivity index (χ2n) is 4.58. The quantitative estimate of drug-likeness (QED) is 0.922. The highest BCUT2D eigenvalue weighted by molar-refractivity contribution is 5.94. The van der Waals surface area contributed by atoms with Crippen LogP contribution in [0.15, 0.2) is 24.3 Å². The smallest absolute Gasteiger partial charge is 0.253 e. The molecule has 1 aromatic carbocycles. The van der Waals surface area contributed by atoms with E-state index in [0.29, 0.717) is 6.04 Å². The zero-order valence-electron chi connectivity index (χ0n) is 11.4. The van der Waals surface area contributed by atoms with Gasteiger partial charge in [0.25, 0.3) is 5.91 Å². The molecule has 0 radical (unpaired) electrons. The highest BCUT2D eigenvalue weighted by Gasteiger charge is 2.22. The Morgan fingerprint density at radius 3 is 2.32 bits per heavy atom. The van der Waals surface area contributed by atoms with E-state index in [2.05, 4.69) is 5.32 Å². The van der Waals surface area contributed by atoms with Gasteiger partial charge in [-0.3, -0.25) is 4.79 Å². The lowest BCUT2D eigenvalue weighted by Gasteiger charge is -2.31. The van der Waals surface area contributed by atoms with Gasteiger partial charge in [0.05, 0.1) is 7.11 Å². The van der Waals surface area contributed by atoms with Crippen LogP contribution in [0.3, 0.4) is 0 Å². The molecule has 1 heterocycles. The van der Waals surface area contributed by atoms with Gasteiger partial charge in [0.15, 0.2) is 0 Å². The van der Waals surface area contributed by atoms with Crippen molar-refractivity contribution in [1.29, 1.82) is 0 Å². The van der Waals surface area contributed by atoms with Crippen LogP contribution in [-0.4, -0.2) is 44.1 Å². The molecule has 0 aliphatic carbocycles. The number of methoxy groups -OCH3 is 1. The van der Waals surface area contributed by atoms with Gasteiger partial charge in [0, 0.05) is 24.7 Å². The van der Waals surface area contributed by atoms with E-state index in [4.69, 9.17) is 4.74 Å². The average molecular weight is 285 g/mol. The van der Waals surface area contributed by atoms with Crippen molar-refractivity contribution in [3.8, 4) is 5.75 Å². The third-order valence-corrected chi connectivity index (χ3v) is 3.53. The van der Waals surface area contributed by atoms with E-state index in [1.165, 1.54) is 0 Å². The van der Waals surface area contributed by atoms with Crippen LogP contribution in [0.4, 0.5) is 0 Å².